The van der Waals surface area contributed by atoms with Crippen LogP contribution in [0.4, 0.5) is 5.69 Å². The maximum atomic E-state index is 11.9. The average Bonchev–Trinajstić information content (AvgIpc) is 2.49. The fourth-order valence-electron chi connectivity index (χ4n) is 3.68. The molecular formula is C18H26N2O2. The largest absolute Gasteiger partial charge is 0.378 e. The first-order chi connectivity index (χ1) is 10.5. The van der Waals surface area contributed by atoms with E-state index in [0.717, 1.165) is 25.3 Å². The lowest BCUT2D eigenvalue weighted by Crippen LogP contribution is -2.61. The van der Waals surface area contributed by atoms with E-state index in [0.29, 0.717) is 18.6 Å². The van der Waals surface area contributed by atoms with Gasteiger partial charge in [-0.25, -0.2) is 0 Å². The molecule has 1 fully saturated rings. The van der Waals surface area contributed by atoms with Crippen molar-refractivity contribution in [1.82, 2.24) is 5.32 Å². The van der Waals surface area contributed by atoms with E-state index in [1.807, 2.05) is 18.2 Å². The summed E-state index contributed by atoms with van der Waals surface area (Å²) in [6.07, 6.45) is 1.96. The number of fused-ring (bicyclic) bond motifs is 1. The SMILES string of the molecule is CCO[C@@H]1C[C@@H](NC[C@@H]2CC(=O)Nc3ccccc32)C1(C)C. The van der Waals surface area contributed by atoms with Crippen LogP contribution in [0, 0.1) is 5.41 Å². The maximum Gasteiger partial charge on any atom is 0.225 e. The van der Waals surface area contributed by atoms with Crippen molar-refractivity contribution < 1.29 is 9.53 Å². The fraction of sp³-hybridized carbons (Fsp3) is 0.611. The molecule has 120 valence electrons. The highest BCUT2D eigenvalue weighted by Gasteiger charge is 2.48. The van der Waals surface area contributed by atoms with Crippen LogP contribution in [0.5, 0.6) is 0 Å². The molecule has 1 heterocycles. The monoisotopic (exact) mass is 302 g/mol. The number of anilines is 1. The van der Waals surface area contributed by atoms with E-state index in [4.69, 9.17) is 4.74 Å². The van der Waals surface area contributed by atoms with E-state index in [2.05, 4.69) is 37.5 Å². The van der Waals surface area contributed by atoms with Crippen LogP contribution >= 0.6 is 0 Å². The van der Waals surface area contributed by atoms with Gasteiger partial charge in [0, 0.05) is 42.6 Å². The number of ether oxygens (including phenoxy) is 1. The topological polar surface area (TPSA) is 50.4 Å². The van der Waals surface area contributed by atoms with Crippen LogP contribution in [0.1, 0.15) is 45.1 Å². The summed E-state index contributed by atoms with van der Waals surface area (Å²) in [7, 11) is 0. The third kappa shape index (κ3) is 2.77. The van der Waals surface area contributed by atoms with Gasteiger partial charge in [0.25, 0.3) is 0 Å². The Balaban J connectivity index is 1.62. The molecule has 0 aromatic heterocycles. The molecule has 1 aromatic rings. The molecule has 0 radical (unpaired) electrons. The van der Waals surface area contributed by atoms with Crippen LogP contribution < -0.4 is 10.6 Å². The lowest BCUT2D eigenvalue weighted by Gasteiger charge is -2.52. The first-order valence-electron chi connectivity index (χ1n) is 8.26. The Morgan fingerprint density at radius 2 is 2.14 bits per heavy atom. The average molecular weight is 302 g/mol. The minimum atomic E-state index is 0.116. The first-order valence-corrected chi connectivity index (χ1v) is 8.26. The van der Waals surface area contributed by atoms with Crippen LogP contribution in [-0.2, 0) is 9.53 Å². The van der Waals surface area contributed by atoms with Gasteiger partial charge in [-0.3, -0.25) is 4.79 Å². The molecule has 0 bridgehead atoms. The Hall–Kier alpha value is -1.39. The van der Waals surface area contributed by atoms with Gasteiger partial charge in [-0.05, 0) is 25.0 Å². The third-order valence-electron chi connectivity index (χ3n) is 5.26. The van der Waals surface area contributed by atoms with Crippen molar-refractivity contribution in [2.45, 2.75) is 51.7 Å². The predicted octanol–water partition coefficient (Wildman–Crippen LogP) is 2.91. The summed E-state index contributed by atoms with van der Waals surface area (Å²) in [6.45, 7) is 8.19. The fourth-order valence-corrected chi connectivity index (χ4v) is 3.68. The normalized spacial score (nSPS) is 29.4. The lowest BCUT2D eigenvalue weighted by atomic mass is 9.64. The summed E-state index contributed by atoms with van der Waals surface area (Å²) >= 11 is 0. The summed E-state index contributed by atoms with van der Waals surface area (Å²) in [6, 6.07) is 8.58. The highest BCUT2D eigenvalue weighted by Crippen LogP contribution is 2.43. The number of nitrogens with one attached hydrogen (secondary N) is 2. The van der Waals surface area contributed by atoms with Crippen molar-refractivity contribution in [2.24, 2.45) is 5.41 Å². The van der Waals surface area contributed by atoms with E-state index < -0.39 is 0 Å². The van der Waals surface area contributed by atoms with Gasteiger partial charge in [0.2, 0.25) is 5.91 Å². The zero-order chi connectivity index (χ0) is 15.7. The highest BCUT2D eigenvalue weighted by molar-refractivity contribution is 5.94. The molecule has 0 spiro atoms. The van der Waals surface area contributed by atoms with E-state index in [1.165, 1.54) is 5.56 Å². The standard InChI is InChI=1S/C18H26N2O2/c1-4-22-16-10-15(18(16,2)3)19-11-12-9-17(21)20-14-8-6-5-7-13(12)14/h5-8,12,15-16,19H,4,9-11H2,1-3H3,(H,20,21)/t12-,15+,16+/m0/s1. The van der Waals surface area contributed by atoms with E-state index >= 15 is 0 Å². The molecule has 1 aliphatic carbocycles. The molecule has 3 rings (SSSR count). The molecule has 0 saturated heterocycles. The molecule has 0 unspecified atom stereocenters. The van der Waals surface area contributed by atoms with Gasteiger partial charge < -0.3 is 15.4 Å². The summed E-state index contributed by atoms with van der Waals surface area (Å²) in [5, 5.41) is 6.63. The van der Waals surface area contributed by atoms with Crippen LogP contribution in [0.2, 0.25) is 0 Å². The molecule has 1 saturated carbocycles. The minimum absolute atomic E-state index is 0.116. The Labute approximate surface area is 132 Å². The van der Waals surface area contributed by atoms with Crippen molar-refractivity contribution in [3.63, 3.8) is 0 Å². The van der Waals surface area contributed by atoms with E-state index in [9.17, 15) is 4.79 Å². The first kappa shape index (κ1) is 15.5. The summed E-state index contributed by atoms with van der Waals surface area (Å²) in [5.41, 5.74) is 2.37. The number of amides is 1. The Kier molecular flexibility index (Phi) is 4.24. The van der Waals surface area contributed by atoms with Crippen LogP contribution in [0.15, 0.2) is 24.3 Å². The van der Waals surface area contributed by atoms with Crippen molar-refractivity contribution in [2.75, 3.05) is 18.5 Å². The third-order valence-corrected chi connectivity index (χ3v) is 5.26. The number of rotatable bonds is 5. The second kappa shape index (κ2) is 6.01. The van der Waals surface area contributed by atoms with Crippen LogP contribution in [0.3, 0.4) is 0 Å². The summed E-state index contributed by atoms with van der Waals surface area (Å²) in [5.74, 6) is 0.373. The lowest BCUT2D eigenvalue weighted by molar-refractivity contribution is -0.118. The molecule has 22 heavy (non-hydrogen) atoms. The van der Waals surface area contributed by atoms with Gasteiger partial charge >= 0.3 is 0 Å². The summed E-state index contributed by atoms with van der Waals surface area (Å²) in [4.78, 5) is 11.9. The minimum Gasteiger partial charge on any atom is -0.378 e. The van der Waals surface area contributed by atoms with Crippen molar-refractivity contribution >= 4 is 11.6 Å². The smallest absolute Gasteiger partial charge is 0.225 e. The number of para-hydroxylation sites is 1. The van der Waals surface area contributed by atoms with Crippen LogP contribution in [0.25, 0.3) is 0 Å². The molecule has 1 aliphatic heterocycles. The number of hydrogen-bond donors (Lipinski definition) is 2. The number of carbonyl (C=O) groups excluding carboxylic acids is 1. The van der Waals surface area contributed by atoms with Gasteiger partial charge in [-0.2, -0.15) is 0 Å². The second-order valence-electron chi connectivity index (χ2n) is 7.00. The second-order valence-corrected chi connectivity index (χ2v) is 7.00. The molecular weight excluding hydrogens is 276 g/mol. The maximum absolute atomic E-state index is 11.9. The van der Waals surface area contributed by atoms with Crippen LogP contribution in [-0.4, -0.2) is 31.2 Å². The zero-order valence-electron chi connectivity index (χ0n) is 13.7. The molecule has 2 aliphatic rings. The zero-order valence-corrected chi connectivity index (χ0v) is 13.7. The van der Waals surface area contributed by atoms with Crippen molar-refractivity contribution in [3.05, 3.63) is 29.8 Å². The van der Waals surface area contributed by atoms with E-state index in [-0.39, 0.29) is 17.2 Å². The van der Waals surface area contributed by atoms with Gasteiger partial charge in [-0.15, -0.1) is 0 Å². The predicted molar refractivity (Wildman–Crippen MR) is 88.0 cm³/mol. The molecule has 4 nitrogen and oxygen atoms in total. The van der Waals surface area contributed by atoms with Gasteiger partial charge in [0.1, 0.15) is 0 Å². The quantitative estimate of drug-likeness (QED) is 0.879. The van der Waals surface area contributed by atoms with Gasteiger partial charge in [0.05, 0.1) is 6.10 Å². The molecule has 2 N–H and O–H groups in total. The van der Waals surface area contributed by atoms with Gasteiger partial charge in [-0.1, -0.05) is 32.0 Å². The number of carbonyl (C=O) groups is 1. The summed E-state index contributed by atoms with van der Waals surface area (Å²) < 4.78 is 5.78. The highest BCUT2D eigenvalue weighted by atomic mass is 16.5. The molecule has 1 aromatic carbocycles. The molecule has 1 amide bonds. The van der Waals surface area contributed by atoms with Crippen molar-refractivity contribution in [1.29, 1.82) is 0 Å². The number of benzene rings is 1. The molecule has 3 atom stereocenters. The van der Waals surface area contributed by atoms with E-state index in [1.54, 1.807) is 0 Å². The van der Waals surface area contributed by atoms with Crippen molar-refractivity contribution in [3.8, 4) is 0 Å². The Bertz CT molecular complexity index is 556. The van der Waals surface area contributed by atoms with Gasteiger partial charge in [0.15, 0.2) is 0 Å². The Morgan fingerprint density at radius 1 is 1.36 bits per heavy atom. The molecule has 4 heteroatoms. The Morgan fingerprint density at radius 3 is 2.86 bits per heavy atom. The number of hydrogen-bond acceptors (Lipinski definition) is 3.